The minimum absolute atomic E-state index is 0.733. The van der Waals surface area contributed by atoms with E-state index < -0.39 is 0 Å². The molecule has 0 unspecified atom stereocenters. The third-order valence-electron chi connectivity index (χ3n) is 1.36. The van der Waals surface area contributed by atoms with E-state index in [0.717, 1.165) is 11.1 Å². The molecule has 0 aromatic heterocycles. The second-order valence-corrected chi connectivity index (χ2v) is 2.35. The second kappa shape index (κ2) is 3.58. The lowest BCUT2D eigenvalue weighted by Crippen LogP contribution is -1.71. The molecule has 0 radical (unpaired) electrons. The Hall–Kier alpha value is -1.55. The van der Waals surface area contributed by atoms with E-state index in [-0.39, 0.29) is 0 Å². The average molecular weight is 143 g/mol. The maximum atomic E-state index is 8.48. The first kappa shape index (κ1) is 7.56. The van der Waals surface area contributed by atoms with Gasteiger partial charge in [-0.25, -0.2) is 0 Å². The van der Waals surface area contributed by atoms with E-state index in [2.05, 4.69) is 6.07 Å². The van der Waals surface area contributed by atoms with Crippen molar-refractivity contribution in [3.63, 3.8) is 0 Å². The zero-order valence-electron chi connectivity index (χ0n) is 6.41. The highest BCUT2D eigenvalue weighted by Gasteiger charge is 1.85. The second-order valence-electron chi connectivity index (χ2n) is 2.35. The summed E-state index contributed by atoms with van der Waals surface area (Å²) in [6.45, 7) is 1.80. The largest absolute Gasteiger partial charge is 0.193 e. The van der Waals surface area contributed by atoms with Gasteiger partial charge >= 0.3 is 0 Å². The summed E-state index contributed by atoms with van der Waals surface area (Å²) in [5.41, 5.74) is 1.81. The Morgan fingerprint density at radius 1 is 1.36 bits per heavy atom. The number of hydrogen-bond acceptors (Lipinski definition) is 1. The molecule has 0 atom stereocenters. The molecule has 0 amide bonds. The lowest BCUT2D eigenvalue weighted by molar-refractivity contribution is 1.46. The van der Waals surface area contributed by atoms with Crippen LogP contribution < -0.4 is 0 Å². The fraction of sp³-hybridized carbons (Fsp3) is 0.100. The van der Waals surface area contributed by atoms with Crippen LogP contribution in [0, 0.1) is 11.3 Å². The van der Waals surface area contributed by atoms with Gasteiger partial charge in [0.25, 0.3) is 0 Å². The fourth-order valence-electron chi connectivity index (χ4n) is 0.832. The highest BCUT2D eigenvalue weighted by molar-refractivity contribution is 5.55. The van der Waals surface area contributed by atoms with Gasteiger partial charge < -0.3 is 0 Å². The Morgan fingerprint density at radius 2 is 2.00 bits per heavy atom. The number of rotatable bonds is 1. The van der Waals surface area contributed by atoms with Gasteiger partial charge in [-0.05, 0) is 18.6 Å². The molecule has 0 aliphatic carbocycles. The normalized spacial score (nSPS) is 10.7. The molecule has 0 aliphatic rings. The topological polar surface area (TPSA) is 23.8 Å². The van der Waals surface area contributed by atoms with Crippen molar-refractivity contribution >= 4 is 6.08 Å². The Morgan fingerprint density at radius 3 is 2.55 bits per heavy atom. The van der Waals surface area contributed by atoms with Gasteiger partial charge in [-0.2, -0.15) is 5.26 Å². The molecule has 0 heterocycles. The van der Waals surface area contributed by atoms with Crippen molar-refractivity contribution in [2.45, 2.75) is 6.92 Å². The third kappa shape index (κ3) is 2.27. The quantitative estimate of drug-likeness (QED) is 0.554. The Kier molecular flexibility index (Phi) is 2.46. The van der Waals surface area contributed by atoms with Crippen LogP contribution in [-0.4, -0.2) is 0 Å². The number of benzene rings is 1. The standard InChI is InChI=1S/C10H9N/c1-9(8-11)7-10-5-3-2-4-6-10/h2-7H,1H3/b9-7-. The first-order valence-corrected chi connectivity index (χ1v) is 3.46. The lowest BCUT2D eigenvalue weighted by Gasteiger charge is -1.90. The predicted octanol–water partition coefficient (Wildman–Crippen LogP) is 2.61. The Balaban J connectivity index is 2.90. The molecule has 54 valence electrons. The van der Waals surface area contributed by atoms with Crippen molar-refractivity contribution in [1.82, 2.24) is 0 Å². The molecule has 0 saturated carbocycles. The van der Waals surface area contributed by atoms with Gasteiger partial charge in [0.2, 0.25) is 0 Å². The van der Waals surface area contributed by atoms with Crippen molar-refractivity contribution in [3.8, 4) is 6.07 Å². The zero-order valence-corrected chi connectivity index (χ0v) is 6.41. The summed E-state index contributed by atoms with van der Waals surface area (Å²) in [5.74, 6) is 0. The summed E-state index contributed by atoms with van der Waals surface area (Å²) in [5, 5.41) is 8.48. The maximum Gasteiger partial charge on any atom is 0.0944 e. The minimum atomic E-state index is 0.733. The van der Waals surface area contributed by atoms with Gasteiger partial charge in [0, 0.05) is 5.57 Å². The van der Waals surface area contributed by atoms with Crippen LogP contribution in [0.3, 0.4) is 0 Å². The summed E-state index contributed by atoms with van der Waals surface area (Å²) in [7, 11) is 0. The van der Waals surface area contributed by atoms with Crippen LogP contribution in [-0.2, 0) is 0 Å². The molecule has 0 fully saturated rings. The van der Waals surface area contributed by atoms with Crippen LogP contribution in [0.5, 0.6) is 0 Å². The number of allylic oxidation sites excluding steroid dienone is 1. The summed E-state index contributed by atoms with van der Waals surface area (Å²) in [6, 6.07) is 11.9. The molecule has 1 aromatic rings. The molecule has 0 saturated heterocycles. The van der Waals surface area contributed by atoms with Crippen LogP contribution >= 0.6 is 0 Å². The van der Waals surface area contributed by atoms with E-state index in [4.69, 9.17) is 5.26 Å². The highest BCUT2D eigenvalue weighted by atomic mass is 14.2. The van der Waals surface area contributed by atoms with Gasteiger partial charge in [-0.3, -0.25) is 0 Å². The number of nitriles is 1. The predicted molar refractivity (Wildman–Crippen MR) is 45.7 cm³/mol. The van der Waals surface area contributed by atoms with Crippen LogP contribution in [0.25, 0.3) is 6.08 Å². The van der Waals surface area contributed by atoms with Gasteiger partial charge in [-0.15, -0.1) is 0 Å². The molecule has 1 heteroatoms. The van der Waals surface area contributed by atoms with Crippen LogP contribution in [0.4, 0.5) is 0 Å². The molecule has 1 nitrogen and oxygen atoms in total. The van der Waals surface area contributed by atoms with Crippen molar-refractivity contribution in [2.24, 2.45) is 0 Å². The third-order valence-corrected chi connectivity index (χ3v) is 1.36. The van der Waals surface area contributed by atoms with Crippen molar-refractivity contribution in [1.29, 1.82) is 5.26 Å². The summed E-state index contributed by atoms with van der Waals surface area (Å²) in [4.78, 5) is 0. The van der Waals surface area contributed by atoms with E-state index in [9.17, 15) is 0 Å². The fourth-order valence-corrected chi connectivity index (χ4v) is 0.832. The maximum absolute atomic E-state index is 8.48. The summed E-state index contributed by atoms with van der Waals surface area (Å²) >= 11 is 0. The molecule has 1 aromatic carbocycles. The van der Waals surface area contributed by atoms with Crippen LogP contribution in [0.1, 0.15) is 12.5 Å². The van der Waals surface area contributed by atoms with E-state index >= 15 is 0 Å². The van der Waals surface area contributed by atoms with Crippen molar-refractivity contribution < 1.29 is 0 Å². The van der Waals surface area contributed by atoms with E-state index in [1.807, 2.05) is 36.4 Å². The first-order valence-electron chi connectivity index (χ1n) is 3.46. The number of nitrogens with zero attached hydrogens (tertiary/aromatic N) is 1. The van der Waals surface area contributed by atoms with Crippen LogP contribution in [0.15, 0.2) is 35.9 Å². The molecular weight excluding hydrogens is 134 g/mol. The van der Waals surface area contributed by atoms with Crippen molar-refractivity contribution in [2.75, 3.05) is 0 Å². The van der Waals surface area contributed by atoms with E-state index in [0.29, 0.717) is 0 Å². The molecule has 0 bridgehead atoms. The summed E-state index contributed by atoms with van der Waals surface area (Å²) in [6.07, 6.45) is 1.86. The highest BCUT2D eigenvalue weighted by Crippen LogP contribution is 2.04. The van der Waals surface area contributed by atoms with E-state index in [1.54, 1.807) is 6.92 Å². The molecular formula is C10H9N. The molecule has 1 rings (SSSR count). The first-order chi connectivity index (χ1) is 5.33. The Labute approximate surface area is 66.6 Å². The van der Waals surface area contributed by atoms with Gasteiger partial charge in [0.15, 0.2) is 0 Å². The minimum Gasteiger partial charge on any atom is -0.193 e. The summed E-state index contributed by atoms with van der Waals surface area (Å²) < 4.78 is 0. The average Bonchev–Trinajstić information content (AvgIpc) is 2.06. The SMILES string of the molecule is C/C(C#N)=C/c1ccccc1. The molecule has 0 spiro atoms. The van der Waals surface area contributed by atoms with Crippen molar-refractivity contribution in [3.05, 3.63) is 41.5 Å². The van der Waals surface area contributed by atoms with Gasteiger partial charge in [0.1, 0.15) is 0 Å². The molecule has 11 heavy (non-hydrogen) atoms. The Bertz CT molecular complexity index is 290. The smallest absolute Gasteiger partial charge is 0.0944 e. The van der Waals surface area contributed by atoms with Crippen LogP contribution in [0.2, 0.25) is 0 Å². The lowest BCUT2D eigenvalue weighted by atomic mass is 10.1. The van der Waals surface area contributed by atoms with Gasteiger partial charge in [-0.1, -0.05) is 30.3 Å². The zero-order chi connectivity index (χ0) is 8.10. The monoisotopic (exact) mass is 143 g/mol. The van der Waals surface area contributed by atoms with Gasteiger partial charge in [0.05, 0.1) is 6.07 Å². The molecule has 0 aliphatic heterocycles. The molecule has 0 N–H and O–H groups in total. The number of hydrogen-bond donors (Lipinski definition) is 0. The van der Waals surface area contributed by atoms with E-state index in [1.165, 1.54) is 0 Å².